The van der Waals surface area contributed by atoms with Crippen LogP contribution in [-0.4, -0.2) is 27.8 Å². The summed E-state index contributed by atoms with van der Waals surface area (Å²) in [6.07, 6.45) is 0. The summed E-state index contributed by atoms with van der Waals surface area (Å²) in [6.45, 7) is 1.79. The van der Waals surface area contributed by atoms with Crippen molar-refractivity contribution < 1.29 is 13.9 Å². The molecule has 0 bridgehead atoms. The van der Waals surface area contributed by atoms with E-state index in [1.807, 2.05) is 5.38 Å². The number of carbonyl (C=O) groups excluding carboxylic acids is 1. The van der Waals surface area contributed by atoms with Gasteiger partial charge in [0.05, 0.1) is 18.5 Å². The van der Waals surface area contributed by atoms with Gasteiger partial charge in [-0.3, -0.25) is 0 Å². The maximum atomic E-state index is 13.0. The molecule has 0 saturated heterocycles. The van der Waals surface area contributed by atoms with Crippen LogP contribution in [0.25, 0.3) is 16.4 Å². The molecule has 2 heterocycles. The minimum atomic E-state index is -0.473. The molecule has 0 aliphatic rings. The maximum Gasteiger partial charge on any atom is 0.356 e. The van der Waals surface area contributed by atoms with Gasteiger partial charge in [-0.05, 0) is 37.3 Å². The largest absolute Gasteiger partial charge is 0.464 e. The zero-order valence-electron chi connectivity index (χ0n) is 11.9. The topological polar surface area (TPSA) is 57.0 Å². The number of rotatable bonds is 3. The standard InChI is InChI=1S/C15H12FN3O2S/c1-9-7-13(14(20)21-2)19(18-9)15-17-12(8-22-15)10-3-5-11(16)6-4-10/h3-8H,1-2H3. The highest BCUT2D eigenvalue weighted by Crippen LogP contribution is 2.25. The number of halogens is 1. The van der Waals surface area contributed by atoms with Crippen molar-refractivity contribution >= 4 is 17.3 Å². The highest BCUT2D eigenvalue weighted by atomic mass is 32.1. The Kier molecular flexibility index (Phi) is 3.72. The summed E-state index contributed by atoms with van der Waals surface area (Å²) in [6, 6.07) is 7.72. The van der Waals surface area contributed by atoms with Crippen molar-refractivity contribution in [1.82, 2.24) is 14.8 Å². The molecule has 112 valence electrons. The summed E-state index contributed by atoms with van der Waals surface area (Å²) in [7, 11) is 1.32. The Bertz CT molecular complexity index is 824. The fourth-order valence-corrected chi connectivity index (χ4v) is 2.81. The van der Waals surface area contributed by atoms with Crippen molar-refractivity contribution in [3.05, 3.63) is 52.9 Å². The molecular weight excluding hydrogens is 305 g/mol. The third-order valence-corrected chi connectivity index (χ3v) is 3.86. The fourth-order valence-electron chi connectivity index (χ4n) is 2.01. The van der Waals surface area contributed by atoms with Crippen LogP contribution < -0.4 is 0 Å². The molecule has 0 unspecified atom stereocenters. The third kappa shape index (κ3) is 2.62. The summed E-state index contributed by atoms with van der Waals surface area (Å²) < 4.78 is 19.2. The number of carbonyl (C=O) groups is 1. The van der Waals surface area contributed by atoms with Crippen molar-refractivity contribution in [2.24, 2.45) is 0 Å². The van der Waals surface area contributed by atoms with E-state index in [4.69, 9.17) is 4.74 Å². The summed E-state index contributed by atoms with van der Waals surface area (Å²) >= 11 is 1.34. The number of aromatic nitrogens is 3. The first-order valence-electron chi connectivity index (χ1n) is 6.45. The van der Waals surface area contributed by atoms with Crippen molar-refractivity contribution in [1.29, 1.82) is 0 Å². The first-order valence-corrected chi connectivity index (χ1v) is 7.33. The van der Waals surface area contributed by atoms with Gasteiger partial charge in [0.25, 0.3) is 0 Å². The van der Waals surface area contributed by atoms with E-state index < -0.39 is 5.97 Å². The van der Waals surface area contributed by atoms with Crippen molar-refractivity contribution in [3.8, 4) is 16.4 Å². The molecule has 7 heteroatoms. The van der Waals surface area contributed by atoms with Crippen molar-refractivity contribution in [2.75, 3.05) is 7.11 Å². The van der Waals surface area contributed by atoms with Gasteiger partial charge >= 0.3 is 5.97 Å². The molecule has 0 radical (unpaired) electrons. The van der Waals surface area contributed by atoms with Crippen LogP contribution in [0.1, 0.15) is 16.2 Å². The van der Waals surface area contributed by atoms with E-state index in [-0.39, 0.29) is 5.82 Å². The molecule has 1 aromatic carbocycles. The van der Waals surface area contributed by atoms with Crippen LogP contribution in [0.15, 0.2) is 35.7 Å². The zero-order chi connectivity index (χ0) is 15.7. The van der Waals surface area contributed by atoms with Gasteiger partial charge in [0, 0.05) is 10.9 Å². The molecule has 0 atom stereocenters. The number of ether oxygens (including phenoxy) is 1. The summed E-state index contributed by atoms with van der Waals surface area (Å²) in [5, 5.41) is 6.66. The van der Waals surface area contributed by atoms with Gasteiger partial charge in [-0.25, -0.2) is 14.2 Å². The lowest BCUT2D eigenvalue weighted by Gasteiger charge is -2.01. The van der Waals surface area contributed by atoms with Gasteiger partial charge in [-0.2, -0.15) is 9.78 Å². The number of thiazole rings is 1. The molecular formula is C15H12FN3O2S. The van der Waals surface area contributed by atoms with Gasteiger partial charge in [0.15, 0.2) is 5.69 Å². The van der Waals surface area contributed by atoms with E-state index in [1.165, 1.54) is 35.3 Å². The van der Waals surface area contributed by atoms with E-state index in [1.54, 1.807) is 25.1 Å². The minimum absolute atomic E-state index is 0.296. The lowest BCUT2D eigenvalue weighted by molar-refractivity contribution is 0.0590. The SMILES string of the molecule is COC(=O)c1cc(C)nn1-c1nc(-c2ccc(F)cc2)cs1. The minimum Gasteiger partial charge on any atom is -0.464 e. The van der Waals surface area contributed by atoms with E-state index in [9.17, 15) is 9.18 Å². The van der Waals surface area contributed by atoms with Crippen molar-refractivity contribution in [2.45, 2.75) is 6.92 Å². The zero-order valence-corrected chi connectivity index (χ0v) is 12.7. The predicted octanol–water partition coefficient (Wildman–Crippen LogP) is 3.23. The molecule has 3 aromatic rings. The fraction of sp³-hybridized carbons (Fsp3) is 0.133. The number of nitrogens with zero attached hydrogens (tertiary/aromatic N) is 3. The lowest BCUT2D eigenvalue weighted by Crippen LogP contribution is -2.10. The van der Waals surface area contributed by atoms with Crippen LogP contribution in [0.5, 0.6) is 0 Å². The Labute approximate surface area is 130 Å². The second kappa shape index (κ2) is 5.69. The number of hydrogen-bond acceptors (Lipinski definition) is 5. The van der Waals surface area contributed by atoms with Crippen LogP contribution in [0.2, 0.25) is 0 Å². The van der Waals surface area contributed by atoms with Crippen LogP contribution in [-0.2, 0) is 4.74 Å². The van der Waals surface area contributed by atoms with Crippen LogP contribution in [0, 0.1) is 12.7 Å². The van der Waals surface area contributed by atoms with Gasteiger partial charge in [-0.15, -0.1) is 11.3 Å². The van der Waals surface area contributed by atoms with Gasteiger partial charge in [-0.1, -0.05) is 0 Å². The Morgan fingerprint density at radius 2 is 2.05 bits per heavy atom. The molecule has 5 nitrogen and oxygen atoms in total. The van der Waals surface area contributed by atoms with Gasteiger partial charge in [0.1, 0.15) is 5.82 Å². The Morgan fingerprint density at radius 1 is 1.32 bits per heavy atom. The maximum absolute atomic E-state index is 13.0. The Morgan fingerprint density at radius 3 is 2.73 bits per heavy atom. The molecule has 0 fully saturated rings. The molecule has 0 amide bonds. The van der Waals surface area contributed by atoms with Crippen LogP contribution in [0.4, 0.5) is 4.39 Å². The van der Waals surface area contributed by atoms with E-state index in [2.05, 4.69) is 10.1 Å². The van der Waals surface area contributed by atoms with Crippen molar-refractivity contribution in [3.63, 3.8) is 0 Å². The smallest absolute Gasteiger partial charge is 0.356 e. The monoisotopic (exact) mass is 317 g/mol. The molecule has 0 saturated carbocycles. The summed E-state index contributed by atoms with van der Waals surface area (Å²) in [5.74, 6) is -0.769. The second-order valence-electron chi connectivity index (χ2n) is 4.60. The number of aryl methyl sites for hydroxylation is 1. The summed E-state index contributed by atoms with van der Waals surface area (Å²) in [5.41, 5.74) is 2.51. The number of esters is 1. The molecule has 0 spiro atoms. The predicted molar refractivity (Wildman–Crippen MR) is 80.7 cm³/mol. The lowest BCUT2D eigenvalue weighted by atomic mass is 10.2. The first-order chi connectivity index (χ1) is 10.6. The van der Waals surface area contributed by atoms with Crippen LogP contribution >= 0.6 is 11.3 Å². The molecule has 2 aromatic heterocycles. The van der Waals surface area contributed by atoms with Gasteiger partial charge in [0.2, 0.25) is 5.13 Å². The Balaban J connectivity index is 2.01. The highest BCUT2D eigenvalue weighted by molar-refractivity contribution is 7.12. The second-order valence-corrected chi connectivity index (χ2v) is 5.43. The first kappa shape index (κ1) is 14.4. The Hall–Kier alpha value is -2.54. The normalized spacial score (nSPS) is 10.7. The molecule has 0 N–H and O–H groups in total. The average Bonchev–Trinajstić information content (AvgIpc) is 3.13. The molecule has 0 aliphatic carbocycles. The van der Waals surface area contributed by atoms with E-state index >= 15 is 0 Å². The number of methoxy groups -OCH3 is 1. The average molecular weight is 317 g/mol. The van der Waals surface area contributed by atoms with E-state index in [0.717, 1.165) is 5.56 Å². The highest BCUT2D eigenvalue weighted by Gasteiger charge is 2.18. The number of hydrogen-bond donors (Lipinski definition) is 0. The molecule has 3 rings (SSSR count). The quantitative estimate of drug-likeness (QED) is 0.696. The van der Waals surface area contributed by atoms with E-state index in [0.29, 0.717) is 22.2 Å². The molecule has 22 heavy (non-hydrogen) atoms. The van der Waals surface area contributed by atoms with Gasteiger partial charge < -0.3 is 4.74 Å². The third-order valence-electron chi connectivity index (χ3n) is 3.04. The summed E-state index contributed by atoms with van der Waals surface area (Å²) in [4.78, 5) is 16.2. The van der Waals surface area contributed by atoms with Crippen LogP contribution in [0.3, 0.4) is 0 Å². The molecule has 0 aliphatic heterocycles. The number of benzene rings is 1.